The Kier molecular flexibility index (Phi) is 6.27. The lowest BCUT2D eigenvalue weighted by molar-refractivity contribution is -0.0511. The highest BCUT2D eigenvalue weighted by Gasteiger charge is 2.44. The van der Waals surface area contributed by atoms with Crippen LogP contribution in [-0.4, -0.2) is 89.5 Å². The van der Waals surface area contributed by atoms with Gasteiger partial charge in [0.05, 0.1) is 25.6 Å². The van der Waals surface area contributed by atoms with Gasteiger partial charge >= 0.3 is 0 Å². The average molecular weight is 385 g/mol. The molecule has 1 fully saturated rings. The number of nitrogens with zero attached hydrogens (tertiary/aromatic N) is 4. The molecule has 0 aliphatic carbocycles. The van der Waals surface area contributed by atoms with E-state index in [0.717, 1.165) is 12.2 Å². The monoisotopic (exact) mass is 385 g/mol. The highest BCUT2D eigenvalue weighted by Crippen LogP contribution is 2.32. The largest absolute Gasteiger partial charge is 0.394 e. The van der Waals surface area contributed by atoms with E-state index >= 15 is 0 Å². The van der Waals surface area contributed by atoms with Crippen molar-refractivity contribution < 1.29 is 25.2 Å². The van der Waals surface area contributed by atoms with Crippen LogP contribution in [-0.2, 0) is 4.74 Å². The lowest BCUT2D eigenvalue weighted by Crippen LogP contribution is -2.33. The summed E-state index contributed by atoms with van der Waals surface area (Å²) in [6.45, 7) is -0.446. The number of hydrogen-bond acceptors (Lipinski definition) is 10. The topological polar surface area (TPSA) is 146 Å². The number of nitrogens with one attached hydrogen (secondary N) is 1. The van der Waals surface area contributed by atoms with Crippen molar-refractivity contribution in [2.75, 3.05) is 30.5 Å². The summed E-state index contributed by atoms with van der Waals surface area (Å²) in [5.74, 6) is 1.37. The Bertz CT molecular complexity index is 732. The van der Waals surface area contributed by atoms with Crippen LogP contribution >= 0.6 is 11.8 Å². The number of thioether (sulfide) groups is 1. The first kappa shape index (κ1) is 19.3. The van der Waals surface area contributed by atoms with Crippen molar-refractivity contribution in [1.29, 1.82) is 0 Å². The highest BCUT2D eigenvalue weighted by atomic mass is 32.2. The number of ether oxygens (including phenoxy) is 1. The molecule has 11 heteroatoms. The maximum atomic E-state index is 10.2. The van der Waals surface area contributed by atoms with E-state index in [9.17, 15) is 20.4 Å². The van der Waals surface area contributed by atoms with Gasteiger partial charge in [0, 0.05) is 0 Å². The van der Waals surface area contributed by atoms with Gasteiger partial charge in [-0.25, -0.2) is 15.0 Å². The molecular weight excluding hydrogens is 362 g/mol. The van der Waals surface area contributed by atoms with Gasteiger partial charge in [-0.2, -0.15) is 11.8 Å². The molecule has 2 aromatic rings. The van der Waals surface area contributed by atoms with Gasteiger partial charge in [-0.3, -0.25) is 4.57 Å². The Balaban J connectivity index is 1.87. The molecule has 1 aliphatic heterocycles. The number of aliphatic hydroxyl groups excluding tert-OH is 4. The first-order valence-electron chi connectivity index (χ1n) is 8.27. The van der Waals surface area contributed by atoms with Crippen LogP contribution in [0.4, 0.5) is 5.82 Å². The van der Waals surface area contributed by atoms with Crippen molar-refractivity contribution >= 4 is 28.7 Å². The molecule has 0 unspecified atom stereocenters. The summed E-state index contributed by atoms with van der Waals surface area (Å²) < 4.78 is 7.03. The molecule has 0 spiro atoms. The van der Waals surface area contributed by atoms with Crippen LogP contribution in [0.2, 0.25) is 0 Å². The Labute approximate surface area is 154 Å². The second-order valence-corrected chi connectivity index (χ2v) is 7.07. The first-order valence-corrected chi connectivity index (χ1v) is 9.66. The summed E-state index contributed by atoms with van der Waals surface area (Å²) in [5, 5.41) is 42.1. The predicted octanol–water partition coefficient (Wildman–Crippen LogP) is -1.04. The summed E-state index contributed by atoms with van der Waals surface area (Å²) >= 11 is 1.69. The molecule has 2 aromatic heterocycles. The standard InChI is InChI=1S/C15H23N5O5S/c1-26-3-2-8(4-21)19-13-10-14(17-6-16-13)20(7-18-10)15-12(24)11(23)9(5-22)25-15/h6-9,11-12,15,21-24H,2-5H2,1H3,(H,16,17,19)/t8-,9+,11-,12-,15+/m0/s1. The highest BCUT2D eigenvalue weighted by molar-refractivity contribution is 7.98. The quantitative estimate of drug-likeness (QED) is 0.382. The fourth-order valence-corrected chi connectivity index (χ4v) is 3.44. The minimum absolute atomic E-state index is 0.0401. The molecule has 5 N–H and O–H groups in total. The predicted molar refractivity (Wildman–Crippen MR) is 95.8 cm³/mol. The third-order valence-electron chi connectivity index (χ3n) is 4.38. The number of hydrogen-bond donors (Lipinski definition) is 5. The van der Waals surface area contributed by atoms with E-state index in [2.05, 4.69) is 20.3 Å². The zero-order valence-electron chi connectivity index (χ0n) is 14.3. The Morgan fingerprint density at radius 2 is 2.08 bits per heavy atom. The average Bonchev–Trinajstić information content (AvgIpc) is 3.21. The molecule has 0 amide bonds. The van der Waals surface area contributed by atoms with Crippen molar-refractivity contribution in [2.24, 2.45) is 0 Å². The van der Waals surface area contributed by atoms with E-state index in [-0.39, 0.29) is 12.6 Å². The summed E-state index contributed by atoms with van der Waals surface area (Å²) in [4.78, 5) is 12.7. The van der Waals surface area contributed by atoms with E-state index in [0.29, 0.717) is 17.0 Å². The second-order valence-electron chi connectivity index (χ2n) is 6.08. The molecule has 0 bridgehead atoms. The molecule has 26 heavy (non-hydrogen) atoms. The zero-order valence-corrected chi connectivity index (χ0v) is 15.1. The third kappa shape index (κ3) is 3.63. The van der Waals surface area contributed by atoms with Gasteiger partial charge in [0.15, 0.2) is 23.2 Å². The SMILES string of the molecule is CSCC[C@@H](CO)Nc1ncnc2c1ncn2[C@@H]1O[C@H](CO)[C@H](O)[C@@H]1O. The van der Waals surface area contributed by atoms with Gasteiger partial charge in [-0.1, -0.05) is 0 Å². The lowest BCUT2D eigenvalue weighted by Gasteiger charge is -2.18. The van der Waals surface area contributed by atoms with E-state index in [1.54, 1.807) is 11.8 Å². The summed E-state index contributed by atoms with van der Waals surface area (Å²) in [5.41, 5.74) is 0.881. The van der Waals surface area contributed by atoms with Crippen molar-refractivity contribution in [3.05, 3.63) is 12.7 Å². The minimum atomic E-state index is -1.22. The van der Waals surface area contributed by atoms with Crippen molar-refractivity contribution in [3.8, 4) is 0 Å². The van der Waals surface area contributed by atoms with Crippen LogP contribution in [0.1, 0.15) is 12.6 Å². The fraction of sp³-hybridized carbons (Fsp3) is 0.667. The Morgan fingerprint density at radius 1 is 1.27 bits per heavy atom. The minimum Gasteiger partial charge on any atom is -0.394 e. The van der Waals surface area contributed by atoms with E-state index in [1.807, 2.05) is 6.26 Å². The third-order valence-corrected chi connectivity index (χ3v) is 5.03. The molecule has 3 rings (SSSR count). The maximum absolute atomic E-state index is 10.2. The number of imidazole rings is 1. The molecule has 0 aromatic carbocycles. The van der Waals surface area contributed by atoms with Crippen LogP contribution < -0.4 is 5.32 Å². The van der Waals surface area contributed by atoms with Gasteiger partial charge in [-0.15, -0.1) is 0 Å². The Morgan fingerprint density at radius 3 is 2.73 bits per heavy atom. The van der Waals surface area contributed by atoms with Gasteiger partial charge < -0.3 is 30.5 Å². The van der Waals surface area contributed by atoms with E-state index in [4.69, 9.17) is 4.74 Å². The van der Waals surface area contributed by atoms with Crippen molar-refractivity contribution in [1.82, 2.24) is 19.5 Å². The fourth-order valence-electron chi connectivity index (χ4n) is 2.92. The van der Waals surface area contributed by atoms with Crippen molar-refractivity contribution in [2.45, 2.75) is 37.0 Å². The van der Waals surface area contributed by atoms with E-state index < -0.39 is 31.1 Å². The van der Waals surface area contributed by atoms with Crippen molar-refractivity contribution in [3.63, 3.8) is 0 Å². The zero-order chi connectivity index (χ0) is 18.7. The first-order chi connectivity index (χ1) is 12.6. The molecule has 144 valence electrons. The van der Waals surface area contributed by atoms with Gasteiger partial charge in [0.2, 0.25) is 0 Å². The number of fused-ring (bicyclic) bond motifs is 1. The number of aliphatic hydroxyl groups is 4. The van der Waals surface area contributed by atoms with Crippen LogP contribution in [0.3, 0.4) is 0 Å². The number of aromatic nitrogens is 4. The summed E-state index contributed by atoms with van der Waals surface area (Å²) in [7, 11) is 0. The molecule has 0 radical (unpaired) electrons. The molecule has 0 saturated carbocycles. The number of rotatable bonds is 8. The molecular formula is C15H23N5O5S. The molecule has 5 atom stereocenters. The second kappa shape index (κ2) is 8.46. The lowest BCUT2D eigenvalue weighted by atomic mass is 10.1. The Hall–Kier alpha value is -1.50. The molecule has 1 aliphatic rings. The van der Waals surface area contributed by atoms with Gasteiger partial charge in [0.1, 0.15) is 24.6 Å². The van der Waals surface area contributed by atoms with Crippen LogP contribution in [0, 0.1) is 0 Å². The summed E-state index contributed by atoms with van der Waals surface area (Å²) in [6, 6.07) is -0.167. The number of anilines is 1. The maximum Gasteiger partial charge on any atom is 0.167 e. The smallest absolute Gasteiger partial charge is 0.167 e. The van der Waals surface area contributed by atoms with E-state index in [1.165, 1.54) is 17.2 Å². The normalized spacial score (nSPS) is 27.1. The van der Waals surface area contributed by atoms with Gasteiger partial charge in [0.25, 0.3) is 0 Å². The van der Waals surface area contributed by atoms with Crippen LogP contribution in [0.15, 0.2) is 12.7 Å². The molecule has 1 saturated heterocycles. The molecule has 3 heterocycles. The van der Waals surface area contributed by atoms with Gasteiger partial charge in [-0.05, 0) is 18.4 Å². The van der Waals surface area contributed by atoms with Crippen LogP contribution in [0.25, 0.3) is 11.2 Å². The van der Waals surface area contributed by atoms with Crippen LogP contribution in [0.5, 0.6) is 0 Å². The molecule has 10 nitrogen and oxygen atoms in total. The summed E-state index contributed by atoms with van der Waals surface area (Å²) in [6.07, 6.45) is 1.35.